The van der Waals surface area contributed by atoms with Gasteiger partial charge in [0, 0.05) is 0 Å². The van der Waals surface area contributed by atoms with Gasteiger partial charge in [0.25, 0.3) is 0 Å². The molecule has 0 saturated carbocycles. The van der Waals surface area contributed by atoms with Crippen molar-refractivity contribution in [2.75, 3.05) is 5.73 Å². The molecule has 2 aromatic carbocycles. The maximum Gasteiger partial charge on any atom is 0.335 e. The summed E-state index contributed by atoms with van der Waals surface area (Å²) in [7, 11) is 0. The molecule has 0 bridgehead atoms. The fraction of sp³-hybridized carbons (Fsp3) is 0.188. The van der Waals surface area contributed by atoms with E-state index in [0.29, 0.717) is 18.0 Å². The van der Waals surface area contributed by atoms with E-state index in [2.05, 4.69) is 0 Å². The van der Waals surface area contributed by atoms with Crippen molar-refractivity contribution in [3.05, 3.63) is 58.7 Å². The standard InChI is InChI=1S/C16H17NO3/c1-10-4-3-5-11(2)13(10)9-20-15-8-12(16(18)19)6-7-14(15)17/h3-8H,9,17H2,1-2H3,(H,18,19). The molecule has 0 aliphatic rings. The quantitative estimate of drug-likeness (QED) is 0.838. The first-order valence-electron chi connectivity index (χ1n) is 6.29. The summed E-state index contributed by atoms with van der Waals surface area (Å²) < 4.78 is 5.69. The van der Waals surface area contributed by atoms with Crippen molar-refractivity contribution >= 4 is 11.7 Å². The van der Waals surface area contributed by atoms with Crippen LogP contribution in [0.5, 0.6) is 5.75 Å². The highest BCUT2D eigenvalue weighted by molar-refractivity contribution is 5.89. The highest BCUT2D eigenvalue weighted by Gasteiger charge is 2.09. The Morgan fingerprint density at radius 1 is 1.20 bits per heavy atom. The van der Waals surface area contributed by atoms with Gasteiger partial charge in [-0.15, -0.1) is 0 Å². The lowest BCUT2D eigenvalue weighted by molar-refractivity contribution is 0.0696. The van der Waals surface area contributed by atoms with Crippen molar-refractivity contribution in [3.8, 4) is 5.75 Å². The van der Waals surface area contributed by atoms with E-state index < -0.39 is 5.97 Å². The van der Waals surface area contributed by atoms with Crippen molar-refractivity contribution < 1.29 is 14.6 Å². The number of nitrogen functional groups attached to an aromatic ring is 1. The molecule has 0 aliphatic heterocycles. The fourth-order valence-electron chi connectivity index (χ4n) is 2.02. The van der Waals surface area contributed by atoms with Crippen LogP contribution in [0.2, 0.25) is 0 Å². The second-order valence-corrected chi connectivity index (χ2v) is 4.72. The molecule has 0 spiro atoms. The van der Waals surface area contributed by atoms with Gasteiger partial charge in [0.15, 0.2) is 0 Å². The number of carboxylic acid groups (broad SMARTS) is 1. The zero-order valence-electron chi connectivity index (χ0n) is 11.5. The van der Waals surface area contributed by atoms with Gasteiger partial charge in [-0.2, -0.15) is 0 Å². The smallest absolute Gasteiger partial charge is 0.335 e. The third-order valence-electron chi connectivity index (χ3n) is 3.28. The van der Waals surface area contributed by atoms with Crippen molar-refractivity contribution in [2.24, 2.45) is 0 Å². The van der Waals surface area contributed by atoms with E-state index in [4.69, 9.17) is 15.6 Å². The zero-order valence-corrected chi connectivity index (χ0v) is 11.5. The Bertz CT molecular complexity index is 630. The van der Waals surface area contributed by atoms with Crippen LogP contribution in [0.3, 0.4) is 0 Å². The number of ether oxygens (including phenoxy) is 1. The molecule has 0 fully saturated rings. The molecule has 0 atom stereocenters. The van der Waals surface area contributed by atoms with Crippen LogP contribution in [-0.4, -0.2) is 11.1 Å². The van der Waals surface area contributed by atoms with Gasteiger partial charge in [0.1, 0.15) is 12.4 Å². The second kappa shape index (κ2) is 5.65. The van der Waals surface area contributed by atoms with Crippen molar-refractivity contribution in [2.45, 2.75) is 20.5 Å². The number of carboxylic acids is 1. The first-order valence-corrected chi connectivity index (χ1v) is 6.29. The molecule has 0 aliphatic carbocycles. The van der Waals surface area contributed by atoms with Crippen LogP contribution < -0.4 is 10.5 Å². The molecule has 2 rings (SSSR count). The third-order valence-corrected chi connectivity index (χ3v) is 3.28. The summed E-state index contributed by atoms with van der Waals surface area (Å²) in [5.41, 5.74) is 9.77. The SMILES string of the molecule is Cc1cccc(C)c1COc1cc(C(=O)O)ccc1N. The minimum atomic E-state index is -0.998. The minimum absolute atomic E-state index is 0.163. The summed E-state index contributed by atoms with van der Waals surface area (Å²) in [5.74, 6) is -0.602. The van der Waals surface area contributed by atoms with Crippen LogP contribution >= 0.6 is 0 Å². The topological polar surface area (TPSA) is 72.5 Å². The second-order valence-electron chi connectivity index (χ2n) is 4.72. The molecule has 0 unspecified atom stereocenters. The summed E-state index contributed by atoms with van der Waals surface area (Å²) in [4.78, 5) is 11.0. The monoisotopic (exact) mass is 271 g/mol. The van der Waals surface area contributed by atoms with E-state index in [9.17, 15) is 4.79 Å². The summed E-state index contributed by atoms with van der Waals surface area (Å²) in [6.07, 6.45) is 0. The lowest BCUT2D eigenvalue weighted by atomic mass is 10.0. The minimum Gasteiger partial charge on any atom is -0.487 e. The van der Waals surface area contributed by atoms with Crippen LogP contribution in [0, 0.1) is 13.8 Å². The average Bonchev–Trinajstić information content (AvgIpc) is 2.39. The highest BCUT2D eigenvalue weighted by Crippen LogP contribution is 2.25. The Balaban J connectivity index is 2.23. The number of aromatic carboxylic acids is 1. The van der Waals surface area contributed by atoms with Crippen LogP contribution in [0.4, 0.5) is 5.69 Å². The molecule has 0 saturated heterocycles. The lowest BCUT2D eigenvalue weighted by Gasteiger charge is -2.13. The molecule has 0 heterocycles. The molecule has 4 heteroatoms. The van der Waals surface area contributed by atoms with E-state index >= 15 is 0 Å². The maximum absolute atomic E-state index is 11.0. The van der Waals surface area contributed by atoms with Gasteiger partial charge in [-0.25, -0.2) is 4.79 Å². The Labute approximate surface area is 117 Å². The Morgan fingerprint density at radius 2 is 1.85 bits per heavy atom. The number of aryl methyl sites for hydroxylation is 2. The van der Waals surface area contributed by atoms with E-state index in [1.165, 1.54) is 12.1 Å². The summed E-state index contributed by atoms with van der Waals surface area (Å²) in [6, 6.07) is 10.5. The van der Waals surface area contributed by atoms with Gasteiger partial charge in [-0.05, 0) is 48.7 Å². The average molecular weight is 271 g/mol. The van der Waals surface area contributed by atoms with Gasteiger partial charge in [0.2, 0.25) is 0 Å². The molecule has 0 radical (unpaired) electrons. The first kappa shape index (κ1) is 13.9. The van der Waals surface area contributed by atoms with E-state index in [-0.39, 0.29) is 5.56 Å². The summed E-state index contributed by atoms with van der Waals surface area (Å²) in [6.45, 7) is 4.40. The number of hydrogen-bond donors (Lipinski definition) is 2. The molecule has 0 aromatic heterocycles. The van der Waals surface area contributed by atoms with Crippen molar-refractivity contribution in [1.29, 1.82) is 0 Å². The molecule has 20 heavy (non-hydrogen) atoms. The van der Waals surface area contributed by atoms with Crippen LogP contribution in [0.1, 0.15) is 27.0 Å². The molecule has 4 nitrogen and oxygen atoms in total. The van der Waals surface area contributed by atoms with E-state index in [1.54, 1.807) is 6.07 Å². The zero-order chi connectivity index (χ0) is 14.7. The molecule has 0 amide bonds. The fourth-order valence-corrected chi connectivity index (χ4v) is 2.02. The maximum atomic E-state index is 11.0. The summed E-state index contributed by atoms with van der Waals surface area (Å²) in [5, 5.41) is 8.98. The number of hydrogen-bond acceptors (Lipinski definition) is 3. The Kier molecular flexibility index (Phi) is 3.94. The highest BCUT2D eigenvalue weighted by atomic mass is 16.5. The number of carbonyl (C=O) groups is 1. The predicted molar refractivity (Wildman–Crippen MR) is 78.1 cm³/mol. The molecule has 2 aromatic rings. The number of rotatable bonds is 4. The van der Waals surface area contributed by atoms with Crippen molar-refractivity contribution in [3.63, 3.8) is 0 Å². The van der Waals surface area contributed by atoms with E-state index in [1.807, 2.05) is 32.0 Å². The molecular formula is C16H17NO3. The van der Waals surface area contributed by atoms with Crippen LogP contribution in [0.25, 0.3) is 0 Å². The van der Waals surface area contributed by atoms with Crippen LogP contribution in [0.15, 0.2) is 36.4 Å². The summed E-state index contributed by atoms with van der Waals surface area (Å²) >= 11 is 0. The Morgan fingerprint density at radius 3 is 2.45 bits per heavy atom. The van der Waals surface area contributed by atoms with Crippen molar-refractivity contribution in [1.82, 2.24) is 0 Å². The molecule has 3 N–H and O–H groups in total. The third kappa shape index (κ3) is 2.91. The van der Waals surface area contributed by atoms with Gasteiger partial charge in [-0.3, -0.25) is 0 Å². The molecule has 104 valence electrons. The van der Waals surface area contributed by atoms with Gasteiger partial charge in [-0.1, -0.05) is 18.2 Å². The first-order chi connectivity index (χ1) is 9.49. The van der Waals surface area contributed by atoms with Crippen LogP contribution in [-0.2, 0) is 6.61 Å². The van der Waals surface area contributed by atoms with Gasteiger partial charge < -0.3 is 15.6 Å². The lowest BCUT2D eigenvalue weighted by Crippen LogP contribution is -2.04. The van der Waals surface area contributed by atoms with Gasteiger partial charge in [0.05, 0.1) is 11.3 Å². The number of nitrogens with two attached hydrogens (primary N) is 1. The normalized spacial score (nSPS) is 10.3. The predicted octanol–water partition coefficient (Wildman–Crippen LogP) is 3.16. The largest absolute Gasteiger partial charge is 0.487 e. The molecular weight excluding hydrogens is 254 g/mol. The Hall–Kier alpha value is -2.49. The van der Waals surface area contributed by atoms with Gasteiger partial charge >= 0.3 is 5.97 Å². The number of benzene rings is 2. The van der Waals surface area contributed by atoms with E-state index in [0.717, 1.165) is 16.7 Å². The number of anilines is 1.